The van der Waals surface area contributed by atoms with Crippen LogP contribution in [0.2, 0.25) is 0 Å². The van der Waals surface area contributed by atoms with Crippen LogP contribution in [0.4, 0.5) is 0 Å². The van der Waals surface area contributed by atoms with Gasteiger partial charge in [-0.2, -0.15) is 0 Å². The highest BCUT2D eigenvalue weighted by molar-refractivity contribution is 5.36. The minimum atomic E-state index is -0.409. The molecule has 0 aliphatic carbocycles. The first-order valence-electron chi connectivity index (χ1n) is 6.52. The highest BCUT2D eigenvalue weighted by Crippen LogP contribution is 2.24. The van der Waals surface area contributed by atoms with Gasteiger partial charge in [-0.1, -0.05) is 17.7 Å². The number of nitrogens with zero attached hydrogens (tertiary/aromatic N) is 1. The summed E-state index contributed by atoms with van der Waals surface area (Å²) in [4.78, 5) is 2.28. The van der Waals surface area contributed by atoms with Crippen molar-refractivity contribution < 1.29 is 5.11 Å². The second-order valence-corrected chi connectivity index (χ2v) is 5.40. The summed E-state index contributed by atoms with van der Waals surface area (Å²) in [7, 11) is 0. The smallest absolute Gasteiger partial charge is 0.118 e. The molecule has 100 valence electrons. The highest BCUT2D eigenvalue weighted by atomic mass is 16.3. The maximum Gasteiger partial charge on any atom is 0.118 e. The molecular formula is C14H23N3O. The zero-order valence-corrected chi connectivity index (χ0v) is 11.2. The van der Waals surface area contributed by atoms with E-state index in [2.05, 4.69) is 10.2 Å². The Morgan fingerprint density at radius 1 is 1.39 bits per heavy atom. The van der Waals surface area contributed by atoms with Crippen LogP contribution in [-0.4, -0.2) is 41.8 Å². The lowest BCUT2D eigenvalue weighted by Crippen LogP contribution is -2.60. The summed E-state index contributed by atoms with van der Waals surface area (Å²) in [6.45, 7) is 7.94. The van der Waals surface area contributed by atoms with Gasteiger partial charge in [0, 0.05) is 32.6 Å². The molecule has 1 unspecified atom stereocenters. The standard InChI is InChI=1S/C14H23N3O/c1-11-3-4-13(18)12(9-11)10-14(2,15)17-7-5-16-6-8-17/h3-4,9,16,18H,5-8,10,15H2,1-2H3. The van der Waals surface area contributed by atoms with E-state index < -0.39 is 5.66 Å². The molecule has 1 aliphatic rings. The van der Waals surface area contributed by atoms with Gasteiger partial charge >= 0.3 is 0 Å². The molecule has 1 fully saturated rings. The molecule has 1 atom stereocenters. The monoisotopic (exact) mass is 249 g/mol. The third kappa shape index (κ3) is 3.02. The summed E-state index contributed by atoms with van der Waals surface area (Å²) >= 11 is 0. The second-order valence-electron chi connectivity index (χ2n) is 5.40. The molecule has 0 spiro atoms. The normalized spacial score (nSPS) is 20.6. The summed E-state index contributed by atoms with van der Waals surface area (Å²) < 4.78 is 0. The summed E-state index contributed by atoms with van der Waals surface area (Å²) in [5.41, 5.74) is 8.10. The second kappa shape index (κ2) is 5.26. The van der Waals surface area contributed by atoms with Crippen LogP contribution in [0.3, 0.4) is 0 Å². The molecule has 4 N–H and O–H groups in total. The first kappa shape index (κ1) is 13.3. The number of nitrogens with one attached hydrogen (secondary N) is 1. The van der Waals surface area contributed by atoms with Crippen LogP contribution in [0.1, 0.15) is 18.1 Å². The number of benzene rings is 1. The van der Waals surface area contributed by atoms with Gasteiger partial charge in [-0.3, -0.25) is 4.90 Å². The van der Waals surface area contributed by atoms with Crippen LogP contribution in [0.5, 0.6) is 5.75 Å². The zero-order chi connectivity index (χ0) is 13.2. The van der Waals surface area contributed by atoms with E-state index in [4.69, 9.17) is 5.73 Å². The molecule has 1 aromatic rings. The maximum absolute atomic E-state index is 9.91. The SMILES string of the molecule is Cc1ccc(O)c(CC(C)(N)N2CCNCC2)c1. The topological polar surface area (TPSA) is 61.5 Å². The summed E-state index contributed by atoms with van der Waals surface area (Å²) in [5.74, 6) is 0.340. The van der Waals surface area contributed by atoms with E-state index in [1.165, 1.54) is 0 Å². The first-order valence-corrected chi connectivity index (χ1v) is 6.52. The number of piperazine rings is 1. The molecular weight excluding hydrogens is 226 g/mol. The maximum atomic E-state index is 9.91. The van der Waals surface area contributed by atoms with Crippen LogP contribution in [0, 0.1) is 6.92 Å². The average molecular weight is 249 g/mol. The third-order valence-electron chi connectivity index (χ3n) is 3.62. The molecule has 0 radical (unpaired) electrons. The van der Waals surface area contributed by atoms with Crippen molar-refractivity contribution in [2.24, 2.45) is 5.73 Å². The Kier molecular flexibility index (Phi) is 3.90. The van der Waals surface area contributed by atoms with Crippen molar-refractivity contribution in [1.82, 2.24) is 10.2 Å². The van der Waals surface area contributed by atoms with Gasteiger partial charge in [0.05, 0.1) is 5.66 Å². The quantitative estimate of drug-likeness (QED) is 0.742. The van der Waals surface area contributed by atoms with Crippen molar-refractivity contribution >= 4 is 0 Å². The van der Waals surface area contributed by atoms with E-state index in [0.717, 1.165) is 37.3 Å². The van der Waals surface area contributed by atoms with E-state index in [1.807, 2.05) is 26.0 Å². The number of phenols is 1. The predicted octanol–water partition coefficient (Wildman–Crippen LogP) is 0.823. The summed E-state index contributed by atoms with van der Waals surface area (Å²) in [6.07, 6.45) is 0.667. The van der Waals surface area contributed by atoms with Gasteiger partial charge in [0.2, 0.25) is 0 Å². The van der Waals surface area contributed by atoms with Crippen LogP contribution in [0.25, 0.3) is 0 Å². The molecule has 4 heteroatoms. The Hall–Kier alpha value is -1.10. The Labute approximate surface area is 109 Å². The van der Waals surface area contributed by atoms with Crippen molar-refractivity contribution in [2.45, 2.75) is 25.9 Å². The Bertz CT molecular complexity index is 412. The first-order chi connectivity index (χ1) is 8.49. The molecule has 1 aromatic carbocycles. The van der Waals surface area contributed by atoms with Crippen LogP contribution < -0.4 is 11.1 Å². The highest BCUT2D eigenvalue weighted by Gasteiger charge is 2.29. The number of aromatic hydroxyl groups is 1. The number of hydrogen-bond donors (Lipinski definition) is 3. The van der Waals surface area contributed by atoms with Gasteiger partial charge in [0.1, 0.15) is 5.75 Å². The third-order valence-corrected chi connectivity index (χ3v) is 3.62. The molecule has 0 aromatic heterocycles. The Morgan fingerprint density at radius 2 is 2.06 bits per heavy atom. The molecule has 0 saturated carbocycles. The predicted molar refractivity (Wildman–Crippen MR) is 73.6 cm³/mol. The number of nitrogens with two attached hydrogens (primary N) is 1. The molecule has 18 heavy (non-hydrogen) atoms. The zero-order valence-electron chi connectivity index (χ0n) is 11.2. The average Bonchev–Trinajstić information content (AvgIpc) is 2.35. The van der Waals surface area contributed by atoms with E-state index in [9.17, 15) is 5.11 Å². The van der Waals surface area contributed by atoms with Gasteiger partial charge in [-0.05, 0) is 25.5 Å². The van der Waals surface area contributed by atoms with Gasteiger partial charge in [0.15, 0.2) is 0 Å². The summed E-state index contributed by atoms with van der Waals surface area (Å²) in [6, 6.07) is 5.68. The number of phenolic OH excluding ortho intramolecular Hbond substituents is 1. The lowest BCUT2D eigenvalue weighted by atomic mass is 9.97. The number of rotatable bonds is 3. The van der Waals surface area contributed by atoms with Crippen LogP contribution in [-0.2, 0) is 6.42 Å². The minimum absolute atomic E-state index is 0.340. The molecule has 1 heterocycles. The number of aryl methyl sites for hydroxylation is 1. The van der Waals surface area contributed by atoms with Crippen LogP contribution >= 0.6 is 0 Å². The van der Waals surface area contributed by atoms with Crippen molar-refractivity contribution in [2.75, 3.05) is 26.2 Å². The molecule has 0 bridgehead atoms. The fourth-order valence-corrected chi connectivity index (χ4v) is 2.53. The van der Waals surface area contributed by atoms with Crippen molar-refractivity contribution in [3.63, 3.8) is 0 Å². The Balaban J connectivity index is 2.13. The van der Waals surface area contributed by atoms with Gasteiger partial charge < -0.3 is 16.2 Å². The van der Waals surface area contributed by atoms with E-state index >= 15 is 0 Å². The van der Waals surface area contributed by atoms with E-state index in [0.29, 0.717) is 12.2 Å². The lowest BCUT2D eigenvalue weighted by Gasteiger charge is -2.41. The van der Waals surface area contributed by atoms with Gasteiger partial charge in [0.25, 0.3) is 0 Å². The fourth-order valence-electron chi connectivity index (χ4n) is 2.53. The van der Waals surface area contributed by atoms with Gasteiger partial charge in [-0.15, -0.1) is 0 Å². The summed E-state index contributed by atoms with van der Waals surface area (Å²) in [5, 5.41) is 13.2. The molecule has 0 amide bonds. The Morgan fingerprint density at radius 3 is 2.72 bits per heavy atom. The van der Waals surface area contributed by atoms with E-state index in [1.54, 1.807) is 6.07 Å². The van der Waals surface area contributed by atoms with Crippen molar-refractivity contribution in [3.05, 3.63) is 29.3 Å². The van der Waals surface area contributed by atoms with Gasteiger partial charge in [-0.25, -0.2) is 0 Å². The van der Waals surface area contributed by atoms with Crippen molar-refractivity contribution in [3.8, 4) is 5.75 Å². The van der Waals surface area contributed by atoms with E-state index in [-0.39, 0.29) is 0 Å². The molecule has 4 nitrogen and oxygen atoms in total. The molecule has 1 aliphatic heterocycles. The fraction of sp³-hybridized carbons (Fsp3) is 0.571. The number of hydrogen-bond acceptors (Lipinski definition) is 4. The van der Waals surface area contributed by atoms with Crippen molar-refractivity contribution in [1.29, 1.82) is 0 Å². The largest absolute Gasteiger partial charge is 0.508 e. The lowest BCUT2D eigenvalue weighted by molar-refractivity contribution is 0.0926. The minimum Gasteiger partial charge on any atom is -0.508 e. The van der Waals surface area contributed by atoms with Crippen LogP contribution in [0.15, 0.2) is 18.2 Å². The molecule has 2 rings (SSSR count). The molecule has 1 saturated heterocycles.